The van der Waals surface area contributed by atoms with Gasteiger partial charge in [0.2, 0.25) is 5.91 Å². The highest BCUT2D eigenvalue weighted by Crippen LogP contribution is 2.28. The zero-order chi connectivity index (χ0) is 24.3. The molecule has 0 saturated heterocycles. The standard InChI is InChI=1S/C24H34N6O2/c1-16(2)29(22(32)26-18-11-9-17(14-25)10-12-18)15-21(31)27-20-13-19(23(3,4)5)28-30(20)24(6,7)8/h9-13,16H,15H2,1-8H3,(H,26,32)(H,27,31). The molecule has 0 aliphatic carbocycles. The van der Waals surface area contributed by atoms with Crippen LogP contribution in [0.1, 0.15) is 66.6 Å². The maximum Gasteiger partial charge on any atom is 0.322 e. The van der Waals surface area contributed by atoms with Crippen LogP contribution in [0.2, 0.25) is 0 Å². The molecule has 172 valence electrons. The van der Waals surface area contributed by atoms with Crippen LogP contribution >= 0.6 is 0 Å². The summed E-state index contributed by atoms with van der Waals surface area (Å²) in [6, 6.07) is 9.91. The number of carbonyl (C=O) groups excluding carboxylic acids is 2. The Hall–Kier alpha value is -3.34. The smallest absolute Gasteiger partial charge is 0.313 e. The zero-order valence-electron chi connectivity index (χ0n) is 20.3. The number of aromatic nitrogens is 2. The third-order valence-corrected chi connectivity index (χ3v) is 4.84. The lowest BCUT2D eigenvalue weighted by Crippen LogP contribution is -2.45. The highest BCUT2D eigenvalue weighted by molar-refractivity contribution is 5.96. The maximum absolute atomic E-state index is 12.9. The molecule has 8 heteroatoms. The molecule has 0 aliphatic heterocycles. The fraction of sp³-hybridized carbons (Fsp3) is 0.500. The molecule has 1 aromatic heterocycles. The van der Waals surface area contributed by atoms with Gasteiger partial charge in [-0.3, -0.25) is 4.79 Å². The lowest BCUT2D eigenvalue weighted by molar-refractivity contribution is -0.117. The third kappa shape index (κ3) is 6.33. The number of rotatable bonds is 5. The number of hydrogen-bond donors (Lipinski definition) is 2. The fourth-order valence-electron chi connectivity index (χ4n) is 3.00. The number of urea groups is 1. The van der Waals surface area contributed by atoms with Crippen LogP contribution in [-0.2, 0) is 15.7 Å². The molecule has 3 amide bonds. The van der Waals surface area contributed by atoms with Crippen LogP contribution in [0.3, 0.4) is 0 Å². The van der Waals surface area contributed by atoms with E-state index in [0.717, 1.165) is 5.69 Å². The third-order valence-electron chi connectivity index (χ3n) is 4.84. The molecule has 0 spiro atoms. The molecule has 0 atom stereocenters. The largest absolute Gasteiger partial charge is 0.322 e. The van der Waals surface area contributed by atoms with Crippen molar-refractivity contribution in [2.24, 2.45) is 0 Å². The van der Waals surface area contributed by atoms with Crippen molar-refractivity contribution in [3.8, 4) is 6.07 Å². The number of benzene rings is 1. The molecule has 2 aromatic rings. The molecule has 0 aliphatic rings. The molecule has 0 bridgehead atoms. The molecule has 0 fully saturated rings. The quantitative estimate of drug-likeness (QED) is 0.707. The first kappa shape index (κ1) is 24.9. The van der Waals surface area contributed by atoms with Crippen molar-refractivity contribution in [2.75, 3.05) is 17.2 Å². The predicted molar refractivity (Wildman–Crippen MR) is 127 cm³/mol. The monoisotopic (exact) mass is 438 g/mol. The number of nitriles is 1. The van der Waals surface area contributed by atoms with Crippen LogP contribution in [0, 0.1) is 11.3 Å². The molecule has 1 aromatic carbocycles. The van der Waals surface area contributed by atoms with E-state index < -0.39 is 0 Å². The van der Waals surface area contributed by atoms with Crippen LogP contribution in [0.15, 0.2) is 30.3 Å². The van der Waals surface area contributed by atoms with Gasteiger partial charge in [-0.1, -0.05) is 20.8 Å². The molecule has 1 heterocycles. The molecule has 0 radical (unpaired) electrons. The second kappa shape index (κ2) is 9.43. The summed E-state index contributed by atoms with van der Waals surface area (Å²) < 4.78 is 1.81. The molecule has 8 nitrogen and oxygen atoms in total. The second-order valence-corrected chi connectivity index (χ2v) is 10.1. The summed E-state index contributed by atoms with van der Waals surface area (Å²) in [6.45, 7) is 15.9. The average molecular weight is 439 g/mol. The average Bonchev–Trinajstić information content (AvgIpc) is 3.11. The van der Waals surface area contributed by atoms with Crippen molar-refractivity contribution < 1.29 is 9.59 Å². The number of carbonyl (C=O) groups is 2. The van der Waals surface area contributed by atoms with Gasteiger partial charge in [0.1, 0.15) is 12.4 Å². The summed E-state index contributed by atoms with van der Waals surface area (Å²) in [6.07, 6.45) is 0. The summed E-state index contributed by atoms with van der Waals surface area (Å²) in [5, 5.41) is 19.3. The van der Waals surface area contributed by atoms with E-state index in [1.807, 2.05) is 51.4 Å². The van der Waals surface area contributed by atoms with Gasteiger partial charge in [-0.15, -0.1) is 0 Å². The van der Waals surface area contributed by atoms with Gasteiger partial charge in [-0.2, -0.15) is 10.4 Å². The van der Waals surface area contributed by atoms with Gasteiger partial charge in [0, 0.05) is 23.2 Å². The number of anilines is 2. The Morgan fingerprint density at radius 2 is 1.69 bits per heavy atom. The van der Waals surface area contributed by atoms with Crippen molar-refractivity contribution in [2.45, 2.75) is 72.4 Å². The van der Waals surface area contributed by atoms with Crippen molar-refractivity contribution in [1.29, 1.82) is 5.26 Å². The first-order valence-electron chi connectivity index (χ1n) is 10.7. The van der Waals surface area contributed by atoms with E-state index in [0.29, 0.717) is 17.1 Å². The van der Waals surface area contributed by atoms with Gasteiger partial charge in [0.05, 0.1) is 22.9 Å². The molecule has 32 heavy (non-hydrogen) atoms. The van der Waals surface area contributed by atoms with E-state index in [-0.39, 0.29) is 35.5 Å². The normalized spacial score (nSPS) is 11.8. The van der Waals surface area contributed by atoms with Crippen LogP contribution in [0.4, 0.5) is 16.3 Å². The predicted octanol–water partition coefficient (Wildman–Crippen LogP) is 4.69. The Morgan fingerprint density at radius 3 is 2.16 bits per heavy atom. The summed E-state index contributed by atoms with van der Waals surface area (Å²) in [5.41, 5.74) is 1.45. The first-order valence-corrected chi connectivity index (χ1v) is 10.7. The van der Waals surface area contributed by atoms with E-state index in [4.69, 9.17) is 10.4 Å². The lowest BCUT2D eigenvalue weighted by atomic mass is 9.92. The highest BCUT2D eigenvalue weighted by atomic mass is 16.2. The van der Waals surface area contributed by atoms with Crippen LogP contribution < -0.4 is 10.6 Å². The summed E-state index contributed by atoms with van der Waals surface area (Å²) in [4.78, 5) is 27.2. The van der Waals surface area contributed by atoms with Gasteiger partial charge in [0.25, 0.3) is 0 Å². The van der Waals surface area contributed by atoms with Gasteiger partial charge in [-0.05, 0) is 58.9 Å². The molecule has 0 saturated carbocycles. The molecule has 0 unspecified atom stereocenters. The van der Waals surface area contributed by atoms with Gasteiger partial charge < -0.3 is 15.5 Å². The van der Waals surface area contributed by atoms with Crippen LogP contribution in [0.25, 0.3) is 0 Å². The minimum absolute atomic E-state index is 0.111. The maximum atomic E-state index is 12.9. The lowest BCUT2D eigenvalue weighted by Gasteiger charge is -2.27. The Kier molecular flexibility index (Phi) is 7.34. The van der Waals surface area contributed by atoms with Gasteiger partial charge in [-0.25, -0.2) is 9.48 Å². The Balaban J connectivity index is 2.17. The Bertz CT molecular complexity index is 1000. The molecular formula is C24H34N6O2. The van der Waals surface area contributed by atoms with E-state index in [1.54, 1.807) is 24.3 Å². The van der Waals surface area contributed by atoms with Gasteiger partial charge in [0.15, 0.2) is 0 Å². The van der Waals surface area contributed by atoms with Gasteiger partial charge >= 0.3 is 6.03 Å². The van der Waals surface area contributed by atoms with Crippen molar-refractivity contribution in [3.63, 3.8) is 0 Å². The van der Waals surface area contributed by atoms with E-state index in [2.05, 4.69) is 31.4 Å². The SMILES string of the molecule is CC(C)N(CC(=O)Nc1cc(C(C)(C)C)nn1C(C)(C)C)C(=O)Nc1ccc(C#N)cc1. The first-order chi connectivity index (χ1) is 14.7. The van der Waals surface area contributed by atoms with Crippen LogP contribution in [-0.4, -0.2) is 39.2 Å². The topological polar surface area (TPSA) is 103 Å². The summed E-state index contributed by atoms with van der Waals surface area (Å²) in [7, 11) is 0. The van der Waals surface area contributed by atoms with Crippen molar-refractivity contribution in [3.05, 3.63) is 41.6 Å². The number of hydrogen-bond acceptors (Lipinski definition) is 4. The molecule has 2 N–H and O–H groups in total. The summed E-state index contributed by atoms with van der Waals surface area (Å²) in [5.74, 6) is 0.295. The molecule has 2 rings (SSSR count). The number of amides is 3. The minimum Gasteiger partial charge on any atom is -0.313 e. The van der Waals surface area contributed by atoms with Crippen LogP contribution in [0.5, 0.6) is 0 Å². The second-order valence-electron chi connectivity index (χ2n) is 10.1. The molecular weight excluding hydrogens is 404 g/mol. The minimum atomic E-state index is -0.389. The van der Waals surface area contributed by atoms with E-state index in [9.17, 15) is 9.59 Å². The van der Waals surface area contributed by atoms with E-state index >= 15 is 0 Å². The fourth-order valence-corrected chi connectivity index (χ4v) is 3.00. The van der Waals surface area contributed by atoms with E-state index in [1.165, 1.54) is 4.90 Å². The van der Waals surface area contributed by atoms with Crippen molar-refractivity contribution in [1.82, 2.24) is 14.7 Å². The number of nitrogens with one attached hydrogen (secondary N) is 2. The van der Waals surface area contributed by atoms with Crippen molar-refractivity contribution >= 4 is 23.4 Å². The Morgan fingerprint density at radius 1 is 1.09 bits per heavy atom. The highest BCUT2D eigenvalue weighted by Gasteiger charge is 2.27. The zero-order valence-corrected chi connectivity index (χ0v) is 20.3. The summed E-state index contributed by atoms with van der Waals surface area (Å²) >= 11 is 0. The Labute approximate surface area is 190 Å². The number of nitrogens with zero attached hydrogens (tertiary/aromatic N) is 4.